The highest BCUT2D eigenvalue weighted by molar-refractivity contribution is 8.00. The Hall–Kier alpha value is -0.220. The topological polar surface area (TPSA) is 40.5 Å². The Morgan fingerprint density at radius 2 is 1.88 bits per heavy atom. The molecule has 0 bridgehead atoms. The number of rotatable bonds is 8. The number of carbonyl (C=O) groups excluding carboxylic acids is 1. The lowest BCUT2D eigenvalue weighted by Crippen LogP contribution is -2.42. The first-order valence-corrected chi connectivity index (χ1v) is 7.13. The summed E-state index contributed by atoms with van der Waals surface area (Å²) in [6.07, 6.45) is 1.91. The minimum Gasteiger partial charge on any atom is -0.395 e. The third kappa shape index (κ3) is 5.75. The van der Waals surface area contributed by atoms with E-state index in [4.69, 9.17) is 5.11 Å². The molecular weight excluding hydrogens is 222 g/mol. The maximum absolute atomic E-state index is 12.0. The van der Waals surface area contributed by atoms with Crippen molar-refractivity contribution in [3.05, 3.63) is 0 Å². The number of aliphatic hydroxyl groups excluding tert-OH is 1. The van der Waals surface area contributed by atoms with Crippen LogP contribution in [-0.4, -0.2) is 46.1 Å². The fourth-order valence-corrected chi connectivity index (χ4v) is 2.31. The van der Waals surface area contributed by atoms with Crippen LogP contribution in [0, 0.1) is 0 Å². The Kier molecular flexibility index (Phi) is 8.76. The predicted molar refractivity (Wildman–Crippen MR) is 70.8 cm³/mol. The highest BCUT2D eigenvalue weighted by Gasteiger charge is 2.20. The maximum atomic E-state index is 12.0. The number of hydrogen-bond donors (Lipinski definition) is 1. The molecule has 4 heteroatoms. The molecule has 0 aliphatic rings. The van der Waals surface area contributed by atoms with Crippen molar-refractivity contribution in [1.29, 1.82) is 0 Å². The van der Waals surface area contributed by atoms with E-state index in [1.165, 1.54) is 0 Å². The molecule has 3 nitrogen and oxygen atoms in total. The average molecular weight is 247 g/mol. The van der Waals surface area contributed by atoms with E-state index >= 15 is 0 Å². The van der Waals surface area contributed by atoms with Crippen molar-refractivity contribution in [2.75, 3.05) is 18.9 Å². The van der Waals surface area contributed by atoms with Crippen LogP contribution in [0.1, 0.15) is 40.5 Å². The van der Waals surface area contributed by atoms with Crippen LogP contribution in [0.4, 0.5) is 0 Å². The van der Waals surface area contributed by atoms with Crippen LogP contribution in [-0.2, 0) is 4.79 Å². The summed E-state index contributed by atoms with van der Waals surface area (Å²) in [4.78, 5) is 13.8. The fraction of sp³-hybridized carbons (Fsp3) is 0.917. The smallest absolute Gasteiger partial charge is 0.232 e. The van der Waals surface area contributed by atoms with Gasteiger partial charge in [0.1, 0.15) is 0 Å². The van der Waals surface area contributed by atoms with Crippen LogP contribution in [0.2, 0.25) is 0 Å². The number of nitrogens with zero attached hydrogens (tertiary/aromatic N) is 1. The third-order valence-electron chi connectivity index (χ3n) is 2.58. The van der Waals surface area contributed by atoms with Gasteiger partial charge < -0.3 is 10.0 Å². The van der Waals surface area contributed by atoms with E-state index in [2.05, 4.69) is 27.7 Å². The summed E-state index contributed by atoms with van der Waals surface area (Å²) >= 11 is 1.66. The molecule has 0 atom stereocenters. The number of amides is 1. The highest BCUT2D eigenvalue weighted by atomic mass is 32.2. The Balaban J connectivity index is 4.32. The maximum Gasteiger partial charge on any atom is 0.232 e. The first-order chi connectivity index (χ1) is 7.56. The van der Waals surface area contributed by atoms with Gasteiger partial charge in [-0.05, 0) is 18.1 Å². The van der Waals surface area contributed by atoms with E-state index in [0.717, 1.165) is 12.8 Å². The van der Waals surface area contributed by atoms with E-state index in [-0.39, 0.29) is 18.6 Å². The summed E-state index contributed by atoms with van der Waals surface area (Å²) in [5.74, 6) is 0.676. The van der Waals surface area contributed by atoms with Crippen molar-refractivity contribution in [3.8, 4) is 0 Å². The SMILES string of the molecule is CCC(CC)N(CCO)C(=O)CSC(C)C. The van der Waals surface area contributed by atoms with Crippen molar-refractivity contribution in [2.24, 2.45) is 0 Å². The molecule has 0 saturated carbocycles. The summed E-state index contributed by atoms with van der Waals surface area (Å²) < 4.78 is 0. The van der Waals surface area contributed by atoms with Gasteiger partial charge in [-0.3, -0.25) is 4.79 Å². The second-order valence-corrected chi connectivity index (χ2v) is 5.71. The molecule has 96 valence electrons. The zero-order valence-electron chi connectivity index (χ0n) is 10.9. The van der Waals surface area contributed by atoms with Gasteiger partial charge >= 0.3 is 0 Å². The second kappa shape index (κ2) is 8.88. The molecule has 1 amide bonds. The monoisotopic (exact) mass is 247 g/mol. The lowest BCUT2D eigenvalue weighted by atomic mass is 10.1. The first kappa shape index (κ1) is 15.8. The van der Waals surface area contributed by atoms with Gasteiger partial charge in [-0.1, -0.05) is 27.7 Å². The lowest BCUT2D eigenvalue weighted by Gasteiger charge is -2.30. The summed E-state index contributed by atoms with van der Waals surface area (Å²) in [5, 5.41) is 9.48. The van der Waals surface area contributed by atoms with E-state index in [1.54, 1.807) is 11.8 Å². The predicted octanol–water partition coefficient (Wildman–Crippen LogP) is 2.14. The molecule has 0 aliphatic heterocycles. The molecule has 0 saturated heterocycles. The summed E-state index contributed by atoms with van der Waals surface area (Å²) in [7, 11) is 0. The van der Waals surface area contributed by atoms with Crippen LogP contribution in [0.25, 0.3) is 0 Å². The Morgan fingerprint density at radius 1 is 1.31 bits per heavy atom. The molecule has 0 rings (SSSR count). The van der Waals surface area contributed by atoms with Crippen molar-refractivity contribution in [1.82, 2.24) is 4.90 Å². The minimum atomic E-state index is 0.0502. The van der Waals surface area contributed by atoms with Gasteiger partial charge in [0.25, 0.3) is 0 Å². The Bertz CT molecular complexity index is 193. The van der Waals surface area contributed by atoms with Gasteiger partial charge in [-0.15, -0.1) is 11.8 Å². The molecule has 0 aromatic heterocycles. The molecule has 1 N–H and O–H groups in total. The molecule has 0 spiro atoms. The largest absolute Gasteiger partial charge is 0.395 e. The van der Waals surface area contributed by atoms with Crippen LogP contribution in [0.3, 0.4) is 0 Å². The zero-order chi connectivity index (χ0) is 12.6. The highest BCUT2D eigenvalue weighted by Crippen LogP contribution is 2.14. The number of hydrogen-bond acceptors (Lipinski definition) is 3. The first-order valence-electron chi connectivity index (χ1n) is 6.08. The van der Waals surface area contributed by atoms with E-state index < -0.39 is 0 Å². The molecule has 0 aliphatic carbocycles. The van der Waals surface area contributed by atoms with E-state index in [0.29, 0.717) is 17.5 Å². The zero-order valence-corrected chi connectivity index (χ0v) is 11.7. The van der Waals surface area contributed by atoms with Crippen molar-refractivity contribution in [2.45, 2.75) is 51.8 Å². The molecule has 0 radical (unpaired) electrons. The average Bonchev–Trinajstić information content (AvgIpc) is 2.26. The standard InChI is InChI=1S/C12H25NO2S/c1-5-11(6-2)13(7-8-14)12(15)9-16-10(3)4/h10-11,14H,5-9H2,1-4H3. The second-order valence-electron chi connectivity index (χ2n) is 4.14. The number of aliphatic hydroxyl groups is 1. The van der Waals surface area contributed by atoms with Crippen LogP contribution in [0.15, 0.2) is 0 Å². The van der Waals surface area contributed by atoms with Gasteiger partial charge in [0.05, 0.1) is 12.4 Å². The minimum absolute atomic E-state index is 0.0502. The molecule has 0 heterocycles. The number of carbonyl (C=O) groups is 1. The van der Waals surface area contributed by atoms with Gasteiger partial charge in [-0.25, -0.2) is 0 Å². The molecular formula is C12H25NO2S. The Labute approximate surface area is 104 Å². The van der Waals surface area contributed by atoms with Gasteiger partial charge in [-0.2, -0.15) is 0 Å². The van der Waals surface area contributed by atoms with E-state index in [9.17, 15) is 4.79 Å². The van der Waals surface area contributed by atoms with Crippen molar-refractivity contribution >= 4 is 17.7 Å². The van der Waals surface area contributed by atoms with Gasteiger partial charge in [0, 0.05) is 12.6 Å². The normalized spacial score (nSPS) is 11.2. The van der Waals surface area contributed by atoms with Crippen molar-refractivity contribution in [3.63, 3.8) is 0 Å². The molecule has 0 aromatic carbocycles. The quantitative estimate of drug-likeness (QED) is 0.714. The molecule has 16 heavy (non-hydrogen) atoms. The summed E-state index contributed by atoms with van der Waals surface area (Å²) in [5.41, 5.74) is 0. The summed E-state index contributed by atoms with van der Waals surface area (Å²) in [6.45, 7) is 8.86. The third-order valence-corrected chi connectivity index (χ3v) is 3.66. The van der Waals surface area contributed by atoms with Gasteiger partial charge in [0.15, 0.2) is 0 Å². The molecule has 0 fully saturated rings. The van der Waals surface area contributed by atoms with Crippen LogP contribution >= 0.6 is 11.8 Å². The fourth-order valence-electron chi connectivity index (χ4n) is 1.67. The molecule has 0 unspecified atom stereocenters. The van der Waals surface area contributed by atoms with Crippen molar-refractivity contribution < 1.29 is 9.90 Å². The van der Waals surface area contributed by atoms with Gasteiger partial charge in [0.2, 0.25) is 5.91 Å². The number of thioether (sulfide) groups is 1. The van der Waals surface area contributed by atoms with Crippen LogP contribution < -0.4 is 0 Å². The molecule has 0 aromatic rings. The lowest BCUT2D eigenvalue weighted by molar-refractivity contribution is -0.131. The summed E-state index contributed by atoms with van der Waals surface area (Å²) in [6, 6.07) is 0.271. The van der Waals surface area contributed by atoms with E-state index in [1.807, 2.05) is 4.90 Å². The Morgan fingerprint density at radius 3 is 2.25 bits per heavy atom. The van der Waals surface area contributed by atoms with Crippen LogP contribution in [0.5, 0.6) is 0 Å².